The molecule has 2 N–H and O–H groups in total. The lowest BCUT2D eigenvalue weighted by Gasteiger charge is -2.12. The van der Waals surface area contributed by atoms with Crippen LogP contribution in [0.5, 0.6) is 0 Å². The molecule has 0 unspecified atom stereocenters. The molecule has 3 aromatic rings. The van der Waals surface area contributed by atoms with Gasteiger partial charge in [-0.05, 0) is 24.1 Å². The van der Waals surface area contributed by atoms with Crippen molar-refractivity contribution in [1.82, 2.24) is 20.2 Å². The molecular weight excluding hydrogens is 388 g/mol. The first-order valence-corrected chi connectivity index (χ1v) is 10.3. The molecule has 3 amide bonds. The van der Waals surface area contributed by atoms with E-state index in [4.69, 9.17) is 0 Å². The number of thioether (sulfide) groups is 1. The van der Waals surface area contributed by atoms with Gasteiger partial charge in [0.15, 0.2) is 5.16 Å². The molecule has 0 bridgehead atoms. The zero-order valence-corrected chi connectivity index (χ0v) is 16.9. The van der Waals surface area contributed by atoms with Gasteiger partial charge in [0.2, 0.25) is 5.91 Å². The van der Waals surface area contributed by atoms with Crippen molar-refractivity contribution in [2.75, 3.05) is 5.75 Å². The molecule has 1 aromatic heterocycles. The van der Waals surface area contributed by atoms with Crippen LogP contribution in [0, 0.1) is 0 Å². The molecule has 0 aliphatic rings. The van der Waals surface area contributed by atoms with E-state index in [1.165, 1.54) is 0 Å². The first kappa shape index (κ1) is 20.6. The van der Waals surface area contributed by atoms with Crippen molar-refractivity contribution in [3.63, 3.8) is 0 Å². The molecule has 0 saturated carbocycles. The molecule has 0 fully saturated rings. The van der Waals surface area contributed by atoms with Gasteiger partial charge in [0.1, 0.15) is 0 Å². The smallest absolute Gasteiger partial charge is 0.321 e. The summed E-state index contributed by atoms with van der Waals surface area (Å²) in [4.78, 5) is 41.3. The summed E-state index contributed by atoms with van der Waals surface area (Å²) in [6.45, 7) is 2.81. The van der Waals surface area contributed by atoms with Crippen LogP contribution in [-0.2, 0) is 17.9 Å². The van der Waals surface area contributed by atoms with E-state index in [9.17, 15) is 14.4 Å². The molecule has 7 nitrogen and oxygen atoms in total. The lowest BCUT2D eigenvalue weighted by molar-refractivity contribution is -0.117. The molecular formula is C21H22N4O3S. The van der Waals surface area contributed by atoms with Gasteiger partial charge in [0.05, 0.1) is 16.7 Å². The van der Waals surface area contributed by atoms with Crippen LogP contribution in [0.1, 0.15) is 18.9 Å². The van der Waals surface area contributed by atoms with E-state index >= 15 is 0 Å². The van der Waals surface area contributed by atoms with Gasteiger partial charge in [-0.25, -0.2) is 9.78 Å². The second kappa shape index (κ2) is 9.88. The highest BCUT2D eigenvalue weighted by Crippen LogP contribution is 2.18. The number of nitrogens with one attached hydrogen (secondary N) is 2. The maximum Gasteiger partial charge on any atom is 0.321 e. The highest BCUT2D eigenvalue weighted by atomic mass is 32.2. The summed E-state index contributed by atoms with van der Waals surface area (Å²) >= 11 is 1.14. The van der Waals surface area contributed by atoms with Gasteiger partial charge in [0, 0.05) is 13.1 Å². The van der Waals surface area contributed by atoms with E-state index in [2.05, 4.69) is 15.6 Å². The number of imide groups is 1. The summed E-state index contributed by atoms with van der Waals surface area (Å²) in [5, 5.41) is 5.96. The molecule has 0 aliphatic heterocycles. The Kier molecular flexibility index (Phi) is 7.02. The number of aromatic nitrogens is 2. The fourth-order valence-corrected chi connectivity index (χ4v) is 3.62. The number of carbonyl (C=O) groups excluding carboxylic acids is 2. The molecule has 1 heterocycles. The molecule has 29 heavy (non-hydrogen) atoms. The number of nitrogens with zero attached hydrogens (tertiary/aromatic N) is 2. The summed E-state index contributed by atoms with van der Waals surface area (Å²) in [6, 6.07) is 16.0. The zero-order chi connectivity index (χ0) is 20.6. The Morgan fingerprint density at radius 3 is 2.55 bits per heavy atom. The van der Waals surface area contributed by atoms with Crippen LogP contribution in [-0.4, -0.2) is 27.2 Å². The molecule has 0 saturated heterocycles. The Bertz CT molecular complexity index is 1070. The van der Waals surface area contributed by atoms with E-state index in [0.29, 0.717) is 29.1 Å². The van der Waals surface area contributed by atoms with Crippen molar-refractivity contribution in [3.8, 4) is 0 Å². The van der Waals surface area contributed by atoms with Crippen LogP contribution in [0.15, 0.2) is 64.5 Å². The quantitative estimate of drug-likeness (QED) is 0.461. The minimum absolute atomic E-state index is 0.0206. The van der Waals surface area contributed by atoms with E-state index < -0.39 is 11.9 Å². The predicted molar refractivity (Wildman–Crippen MR) is 114 cm³/mol. The Labute approximate surface area is 172 Å². The van der Waals surface area contributed by atoms with Crippen LogP contribution >= 0.6 is 11.8 Å². The molecule has 150 valence electrons. The summed E-state index contributed by atoms with van der Waals surface area (Å²) in [7, 11) is 0. The van der Waals surface area contributed by atoms with Crippen molar-refractivity contribution < 1.29 is 9.59 Å². The standard InChI is InChI=1S/C21H22N4O3S/c1-2-12-25-19(27)16-10-6-7-11-17(16)23-21(25)29-14-18(26)24-20(28)22-13-15-8-4-3-5-9-15/h3-11H,2,12-14H2,1H3,(H2,22,24,26,28). The summed E-state index contributed by atoms with van der Waals surface area (Å²) in [6.07, 6.45) is 0.765. The highest BCUT2D eigenvalue weighted by molar-refractivity contribution is 7.99. The first-order chi connectivity index (χ1) is 14.1. The van der Waals surface area contributed by atoms with Crippen molar-refractivity contribution in [2.24, 2.45) is 0 Å². The van der Waals surface area contributed by atoms with E-state index in [-0.39, 0.29) is 11.3 Å². The number of hydrogen-bond acceptors (Lipinski definition) is 5. The van der Waals surface area contributed by atoms with Gasteiger partial charge < -0.3 is 5.32 Å². The third-order valence-corrected chi connectivity index (χ3v) is 5.13. The largest absolute Gasteiger partial charge is 0.334 e. The Morgan fingerprint density at radius 1 is 1.07 bits per heavy atom. The van der Waals surface area contributed by atoms with E-state index in [1.807, 2.05) is 43.3 Å². The number of para-hydroxylation sites is 1. The third-order valence-electron chi connectivity index (χ3n) is 4.16. The maximum atomic E-state index is 12.7. The summed E-state index contributed by atoms with van der Waals surface area (Å²) < 4.78 is 1.58. The van der Waals surface area contributed by atoms with Crippen molar-refractivity contribution in [3.05, 3.63) is 70.5 Å². The molecule has 0 aliphatic carbocycles. The third kappa shape index (κ3) is 5.45. The van der Waals surface area contributed by atoms with Gasteiger partial charge >= 0.3 is 6.03 Å². The number of amides is 3. The lowest BCUT2D eigenvalue weighted by Crippen LogP contribution is -2.40. The van der Waals surface area contributed by atoms with Crippen LogP contribution in [0.2, 0.25) is 0 Å². The lowest BCUT2D eigenvalue weighted by atomic mass is 10.2. The monoisotopic (exact) mass is 410 g/mol. The van der Waals surface area contributed by atoms with Crippen LogP contribution < -0.4 is 16.2 Å². The van der Waals surface area contributed by atoms with Crippen molar-refractivity contribution >= 4 is 34.6 Å². The fourth-order valence-electron chi connectivity index (χ4n) is 2.79. The van der Waals surface area contributed by atoms with E-state index in [1.54, 1.807) is 22.8 Å². The normalized spacial score (nSPS) is 10.7. The van der Waals surface area contributed by atoms with Gasteiger partial charge in [0.25, 0.3) is 5.56 Å². The minimum atomic E-state index is -0.558. The average molecular weight is 410 g/mol. The SMILES string of the molecule is CCCn1c(SCC(=O)NC(=O)NCc2ccccc2)nc2ccccc2c1=O. The zero-order valence-electron chi connectivity index (χ0n) is 16.1. The second-order valence-electron chi connectivity index (χ2n) is 6.37. The van der Waals surface area contributed by atoms with Crippen molar-refractivity contribution in [2.45, 2.75) is 31.6 Å². The predicted octanol–water partition coefficient (Wildman–Crippen LogP) is 2.92. The maximum absolute atomic E-state index is 12.7. The Hall–Kier alpha value is -3.13. The number of hydrogen-bond donors (Lipinski definition) is 2. The molecule has 0 atom stereocenters. The van der Waals surface area contributed by atoms with E-state index in [0.717, 1.165) is 23.7 Å². The number of benzene rings is 2. The second-order valence-corrected chi connectivity index (χ2v) is 7.32. The van der Waals surface area contributed by atoms with Crippen LogP contribution in [0.4, 0.5) is 4.79 Å². The topological polar surface area (TPSA) is 93.1 Å². The van der Waals surface area contributed by atoms with Gasteiger partial charge in [-0.1, -0.05) is 61.2 Å². The van der Waals surface area contributed by atoms with Crippen LogP contribution in [0.3, 0.4) is 0 Å². The average Bonchev–Trinajstić information content (AvgIpc) is 2.74. The molecule has 8 heteroatoms. The highest BCUT2D eigenvalue weighted by Gasteiger charge is 2.14. The number of urea groups is 1. The Balaban J connectivity index is 1.62. The molecule has 2 aromatic carbocycles. The number of rotatable bonds is 7. The van der Waals surface area contributed by atoms with Crippen molar-refractivity contribution in [1.29, 1.82) is 0 Å². The summed E-state index contributed by atoms with van der Waals surface area (Å²) in [5.74, 6) is -0.473. The minimum Gasteiger partial charge on any atom is -0.334 e. The molecule has 3 rings (SSSR count). The molecule has 0 spiro atoms. The first-order valence-electron chi connectivity index (χ1n) is 9.32. The summed E-state index contributed by atoms with van der Waals surface area (Å²) in [5.41, 5.74) is 1.41. The Morgan fingerprint density at radius 2 is 1.79 bits per heavy atom. The fraction of sp³-hybridized carbons (Fsp3) is 0.238. The van der Waals surface area contributed by atoms with Gasteiger partial charge in [-0.15, -0.1) is 0 Å². The number of fused-ring (bicyclic) bond motifs is 1. The van der Waals surface area contributed by atoms with Gasteiger partial charge in [-0.2, -0.15) is 0 Å². The van der Waals surface area contributed by atoms with Gasteiger partial charge in [-0.3, -0.25) is 19.5 Å². The van der Waals surface area contributed by atoms with Crippen LogP contribution in [0.25, 0.3) is 10.9 Å². The number of carbonyl (C=O) groups is 2. The molecule has 0 radical (unpaired) electrons.